The molecule has 104 valence electrons. The van der Waals surface area contributed by atoms with Crippen molar-refractivity contribution in [2.45, 2.75) is 25.8 Å². The highest BCUT2D eigenvalue weighted by molar-refractivity contribution is 6.33. The maximum atomic E-state index is 10.7. The molecule has 0 spiro atoms. The Balaban J connectivity index is 2.19. The summed E-state index contributed by atoms with van der Waals surface area (Å²) in [5, 5.41) is 11.1. The lowest BCUT2D eigenvalue weighted by molar-refractivity contribution is -0.384. The zero-order chi connectivity index (χ0) is 14.0. The Kier molecular flexibility index (Phi) is 4.27. The Hall–Kier alpha value is -1.33. The van der Waals surface area contributed by atoms with E-state index in [9.17, 15) is 10.1 Å². The van der Waals surface area contributed by atoms with E-state index in [4.69, 9.17) is 17.3 Å². The van der Waals surface area contributed by atoms with Crippen LogP contribution in [-0.4, -0.2) is 24.1 Å². The summed E-state index contributed by atoms with van der Waals surface area (Å²) in [4.78, 5) is 12.4. The molecule has 1 saturated heterocycles. The van der Waals surface area contributed by atoms with Gasteiger partial charge in [-0.2, -0.15) is 0 Å². The van der Waals surface area contributed by atoms with Crippen molar-refractivity contribution in [3.8, 4) is 0 Å². The van der Waals surface area contributed by atoms with Crippen molar-refractivity contribution < 1.29 is 4.92 Å². The number of nitrogens with zero attached hydrogens (tertiary/aromatic N) is 2. The Morgan fingerprint density at radius 1 is 1.58 bits per heavy atom. The smallest absolute Gasteiger partial charge is 0.271 e. The maximum absolute atomic E-state index is 10.7. The van der Waals surface area contributed by atoms with Gasteiger partial charge in [-0.15, -0.1) is 0 Å². The number of halogens is 1. The lowest BCUT2D eigenvalue weighted by atomic mass is 9.92. The Bertz CT molecular complexity index is 479. The molecule has 19 heavy (non-hydrogen) atoms. The number of hydrogen-bond donors (Lipinski definition) is 1. The van der Waals surface area contributed by atoms with Gasteiger partial charge in [0.05, 0.1) is 15.6 Å². The molecule has 1 aliphatic heterocycles. The SMILES string of the molecule is CC(N)C1CCCN(c2ccc([N+](=O)[O-])cc2Cl)C1. The fraction of sp³-hybridized carbons (Fsp3) is 0.538. The van der Waals surface area contributed by atoms with Crippen molar-refractivity contribution in [2.75, 3.05) is 18.0 Å². The predicted molar refractivity (Wildman–Crippen MR) is 76.7 cm³/mol. The highest BCUT2D eigenvalue weighted by Gasteiger charge is 2.24. The fourth-order valence-electron chi connectivity index (χ4n) is 2.52. The molecule has 1 aromatic rings. The Labute approximate surface area is 117 Å². The van der Waals surface area contributed by atoms with Gasteiger partial charge >= 0.3 is 0 Å². The zero-order valence-corrected chi connectivity index (χ0v) is 11.6. The second kappa shape index (κ2) is 5.75. The van der Waals surface area contributed by atoms with Crippen molar-refractivity contribution >= 4 is 23.0 Å². The number of anilines is 1. The third-order valence-electron chi connectivity index (χ3n) is 3.68. The van der Waals surface area contributed by atoms with Crippen LogP contribution in [0.3, 0.4) is 0 Å². The van der Waals surface area contributed by atoms with Crippen LogP contribution < -0.4 is 10.6 Å². The van der Waals surface area contributed by atoms with Crippen LogP contribution in [0.25, 0.3) is 0 Å². The van der Waals surface area contributed by atoms with E-state index in [1.807, 2.05) is 6.92 Å². The lowest BCUT2D eigenvalue weighted by Gasteiger charge is -2.36. The summed E-state index contributed by atoms with van der Waals surface area (Å²) < 4.78 is 0. The first kappa shape index (κ1) is 14.1. The van der Waals surface area contributed by atoms with Gasteiger partial charge in [-0.1, -0.05) is 11.6 Å². The van der Waals surface area contributed by atoms with Gasteiger partial charge in [-0.3, -0.25) is 10.1 Å². The van der Waals surface area contributed by atoms with E-state index in [0.717, 1.165) is 31.6 Å². The van der Waals surface area contributed by atoms with Crippen LogP contribution in [0.1, 0.15) is 19.8 Å². The number of rotatable bonds is 3. The van der Waals surface area contributed by atoms with Crippen molar-refractivity contribution in [1.29, 1.82) is 0 Å². The number of nitro groups is 1. The van der Waals surface area contributed by atoms with Crippen LogP contribution in [0.4, 0.5) is 11.4 Å². The van der Waals surface area contributed by atoms with Gasteiger partial charge < -0.3 is 10.6 Å². The molecule has 1 fully saturated rings. The normalized spacial score (nSPS) is 21.2. The Morgan fingerprint density at radius 3 is 2.89 bits per heavy atom. The van der Waals surface area contributed by atoms with Crippen LogP contribution in [0.15, 0.2) is 18.2 Å². The number of hydrogen-bond acceptors (Lipinski definition) is 4. The largest absolute Gasteiger partial charge is 0.370 e. The lowest BCUT2D eigenvalue weighted by Crippen LogP contribution is -2.42. The maximum Gasteiger partial charge on any atom is 0.271 e. The van der Waals surface area contributed by atoms with E-state index >= 15 is 0 Å². The molecule has 1 aromatic carbocycles. The molecule has 2 rings (SSSR count). The molecular formula is C13H18ClN3O2. The monoisotopic (exact) mass is 283 g/mol. The second-order valence-electron chi connectivity index (χ2n) is 5.10. The van der Waals surface area contributed by atoms with Crippen LogP contribution in [0.2, 0.25) is 5.02 Å². The molecular weight excluding hydrogens is 266 g/mol. The molecule has 0 bridgehead atoms. The van der Waals surface area contributed by atoms with E-state index in [1.165, 1.54) is 12.1 Å². The first-order chi connectivity index (χ1) is 8.99. The fourth-order valence-corrected chi connectivity index (χ4v) is 2.82. The van der Waals surface area contributed by atoms with Gasteiger partial charge in [0.2, 0.25) is 0 Å². The van der Waals surface area contributed by atoms with E-state index < -0.39 is 4.92 Å². The minimum atomic E-state index is -0.434. The molecule has 5 nitrogen and oxygen atoms in total. The molecule has 2 N–H and O–H groups in total. The molecule has 0 aliphatic carbocycles. The molecule has 0 radical (unpaired) electrons. The zero-order valence-electron chi connectivity index (χ0n) is 10.9. The van der Waals surface area contributed by atoms with Crippen LogP contribution in [0, 0.1) is 16.0 Å². The summed E-state index contributed by atoms with van der Waals surface area (Å²) in [6, 6.07) is 4.78. The average molecular weight is 284 g/mol. The number of nitrogens with two attached hydrogens (primary N) is 1. The molecule has 2 unspecified atom stereocenters. The number of nitro benzene ring substituents is 1. The third kappa shape index (κ3) is 3.16. The number of benzene rings is 1. The van der Waals surface area contributed by atoms with Gasteiger partial charge in [0.15, 0.2) is 0 Å². The molecule has 1 aliphatic rings. The first-order valence-corrected chi connectivity index (χ1v) is 6.81. The van der Waals surface area contributed by atoms with E-state index in [0.29, 0.717) is 10.9 Å². The highest BCUT2D eigenvalue weighted by Crippen LogP contribution is 2.32. The van der Waals surface area contributed by atoms with Crippen LogP contribution in [-0.2, 0) is 0 Å². The summed E-state index contributed by atoms with van der Waals surface area (Å²) in [6.07, 6.45) is 2.19. The molecule has 0 aromatic heterocycles. The van der Waals surface area contributed by atoms with E-state index in [1.54, 1.807) is 6.07 Å². The Morgan fingerprint density at radius 2 is 2.32 bits per heavy atom. The molecule has 6 heteroatoms. The van der Waals surface area contributed by atoms with Crippen molar-refractivity contribution in [1.82, 2.24) is 0 Å². The van der Waals surface area contributed by atoms with Crippen molar-refractivity contribution in [3.05, 3.63) is 33.3 Å². The summed E-state index contributed by atoms with van der Waals surface area (Å²) in [5.41, 5.74) is 6.84. The van der Waals surface area contributed by atoms with Crippen LogP contribution in [0.5, 0.6) is 0 Å². The van der Waals surface area contributed by atoms with Gasteiger partial charge in [-0.25, -0.2) is 0 Å². The summed E-state index contributed by atoms with van der Waals surface area (Å²) >= 11 is 6.16. The standard InChI is InChI=1S/C13H18ClN3O2/c1-9(15)10-3-2-6-16(8-10)13-5-4-11(17(18)19)7-12(13)14/h4-5,7,9-10H,2-3,6,8,15H2,1H3. The topological polar surface area (TPSA) is 72.4 Å². The van der Waals surface area contributed by atoms with E-state index in [-0.39, 0.29) is 11.7 Å². The van der Waals surface area contributed by atoms with Gasteiger partial charge in [-0.05, 0) is 31.7 Å². The molecule has 2 atom stereocenters. The van der Waals surface area contributed by atoms with Crippen LogP contribution >= 0.6 is 11.6 Å². The second-order valence-corrected chi connectivity index (χ2v) is 5.51. The summed E-state index contributed by atoms with van der Waals surface area (Å²) in [5.74, 6) is 0.444. The minimum absolute atomic E-state index is 0.0227. The molecule has 0 amide bonds. The summed E-state index contributed by atoms with van der Waals surface area (Å²) in [7, 11) is 0. The number of non-ortho nitro benzene ring substituents is 1. The average Bonchev–Trinajstić information content (AvgIpc) is 2.38. The number of piperidine rings is 1. The van der Waals surface area contributed by atoms with Gasteiger partial charge in [0.1, 0.15) is 0 Å². The first-order valence-electron chi connectivity index (χ1n) is 6.43. The van der Waals surface area contributed by atoms with Crippen molar-refractivity contribution in [3.63, 3.8) is 0 Å². The quantitative estimate of drug-likeness (QED) is 0.684. The minimum Gasteiger partial charge on any atom is -0.370 e. The van der Waals surface area contributed by atoms with Gasteiger partial charge in [0.25, 0.3) is 5.69 Å². The van der Waals surface area contributed by atoms with Crippen molar-refractivity contribution in [2.24, 2.45) is 11.7 Å². The van der Waals surface area contributed by atoms with E-state index in [2.05, 4.69) is 4.90 Å². The third-order valence-corrected chi connectivity index (χ3v) is 3.99. The summed E-state index contributed by atoms with van der Waals surface area (Å²) in [6.45, 7) is 3.79. The molecule has 1 heterocycles. The highest BCUT2D eigenvalue weighted by atomic mass is 35.5. The predicted octanol–water partition coefficient (Wildman–Crippen LogP) is 2.81. The van der Waals surface area contributed by atoms with Gasteiger partial charge in [0, 0.05) is 31.3 Å². The molecule has 0 saturated carbocycles.